The molecule has 1 aromatic rings. The van der Waals surface area contributed by atoms with Crippen LogP contribution in [0.25, 0.3) is 0 Å². The molecule has 7 heteroatoms. The summed E-state index contributed by atoms with van der Waals surface area (Å²) in [5.41, 5.74) is 5.95. The van der Waals surface area contributed by atoms with Crippen LogP contribution >= 0.6 is 0 Å². The smallest absolute Gasteiger partial charge is 0.366 e. The summed E-state index contributed by atoms with van der Waals surface area (Å²) in [7, 11) is 0. The van der Waals surface area contributed by atoms with Gasteiger partial charge in [-0.15, -0.1) is 0 Å². The van der Waals surface area contributed by atoms with Crippen LogP contribution in [0.4, 0.5) is 13.2 Å². The largest absolute Gasteiger partial charge is 0.390 e. The van der Waals surface area contributed by atoms with Gasteiger partial charge in [-0.2, -0.15) is 13.2 Å². The van der Waals surface area contributed by atoms with Gasteiger partial charge in [0.05, 0.1) is 12.8 Å². The van der Waals surface area contributed by atoms with Crippen LogP contribution in [0.2, 0.25) is 0 Å². The summed E-state index contributed by atoms with van der Waals surface area (Å²) in [6, 6.07) is 5.98. The SMILES string of the molecule is NC(=O)c1ccc(CC(=O)NCCC(F)(F)F)cc1. The lowest BCUT2D eigenvalue weighted by Crippen LogP contribution is -2.29. The summed E-state index contributed by atoms with van der Waals surface area (Å²) in [4.78, 5) is 22.2. The molecule has 0 unspecified atom stereocenters. The van der Waals surface area contributed by atoms with Gasteiger partial charge in [0.2, 0.25) is 11.8 Å². The highest BCUT2D eigenvalue weighted by Crippen LogP contribution is 2.18. The average Bonchev–Trinajstić information content (AvgIpc) is 2.27. The number of halogens is 3. The van der Waals surface area contributed by atoms with Gasteiger partial charge in [0.25, 0.3) is 0 Å². The van der Waals surface area contributed by atoms with E-state index in [2.05, 4.69) is 5.32 Å². The zero-order valence-electron chi connectivity index (χ0n) is 9.96. The molecule has 0 fully saturated rings. The van der Waals surface area contributed by atoms with Gasteiger partial charge in [-0.25, -0.2) is 0 Å². The van der Waals surface area contributed by atoms with Crippen LogP contribution in [0.1, 0.15) is 22.3 Å². The fourth-order valence-corrected chi connectivity index (χ4v) is 1.38. The van der Waals surface area contributed by atoms with Crippen LogP contribution in [0.3, 0.4) is 0 Å². The molecule has 1 rings (SSSR count). The topological polar surface area (TPSA) is 72.2 Å². The molecule has 2 amide bonds. The lowest BCUT2D eigenvalue weighted by atomic mass is 10.1. The second kappa shape index (κ2) is 6.21. The van der Waals surface area contributed by atoms with Gasteiger partial charge in [0.1, 0.15) is 0 Å². The molecule has 0 aliphatic heterocycles. The molecule has 0 saturated heterocycles. The Morgan fingerprint density at radius 2 is 1.74 bits per heavy atom. The highest BCUT2D eigenvalue weighted by molar-refractivity contribution is 5.92. The van der Waals surface area contributed by atoms with Gasteiger partial charge >= 0.3 is 6.18 Å². The van der Waals surface area contributed by atoms with E-state index in [1.807, 2.05) is 0 Å². The molecule has 1 aromatic carbocycles. The number of rotatable bonds is 5. The first-order chi connectivity index (χ1) is 8.78. The number of nitrogens with one attached hydrogen (secondary N) is 1. The molecule has 0 heterocycles. The maximum atomic E-state index is 11.9. The van der Waals surface area contributed by atoms with E-state index in [9.17, 15) is 22.8 Å². The Labute approximate surface area is 107 Å². The summed E-state index contributed by atoms with van der Waals surface area (Å²) in [6.07, 6.45) is -5.38. The molecule has 0 bridgehead atoms. The summed E-state index contributed by atoms with van der Waals surface area (Å²) in [5.74, 6) is -1.09. The summed E-state index contributed by atoms with van der Waals surface area (Å²) < 4.78 is 35.6. The van der Waals surface area contributed by atoms with Crippen molar-refractivity contribution < 1.29 is 22.8 Å². The Bertz CT molecular complexity index is 455. The highest BCUT2D eigenvalue weighted by atomic mass is 19.4. The fourth-order valence-electron chi connectivity index (χ4n) is 1.38. The van der Waals surface area contributed by atoms with Crippen LogP contribution in [0, 0.1) is 0 Å². The molecule has 0 aromatic heterocycles. The molecular formula is C12H13F3N2O2. The second-order valence-electron chi connectivity index (χ2n) is 3.95. The minimum absolute atomic E-state index is 0.0447. The number of hydrogen-bond acceptors (Lipinski definition) is 2. The van der Waals surface area contributed by atoms with Crippen LogP contribution in [-0.2, 0) is 11.2 Å². The molecule has 0 aliphatic rings. The van der Waals surface area contributed by atoms with Crippen molar-refractivity contribution in [2.24, 2.45) is 5.73 Å². The normalized spacial score (nSPS) is 11.1. The first-order valence-electron chi connectivity index (χ1n) is 5.50. The Kier molecular flexibility index (Phi) is 4.91. The standard InChI is InChI=1S/C12H13F3N2O2/c13-12(14,15)5-6-17-10(18)7-8-1-3-9(4-2-8)11(16)19/h1-4H,5-7H2,(H2,16,19)(H,17,18). The zero-order chi connectivity index (χ0) is 14.5. The molecule has 19 heavy (non-hydrogen) atoms. The van der Waals surface area contributed by atoms with Crippen molar-refractivity contribution in [2.75, 3.05) is 6.54 Å². The maximum Gasteiger partial charge on any atom is 0.390 e. The minimum Gasteiger partial charge on any atom is -0.366 e. The Hall–Kier alpha value is -2.05. The van der Waals surface area contributed by atoms with E-state index < -0.39 is 31.0 Å². The molecule has 3 N–H and O–H groups in total. The van der Waals surface area contributed by atoms with E-state index in [1.54, 1.807) is 0 Å². The van der Waals surface area contributed by atoms with Gasteiger partial charge in [-0.3, -0.25) is 9.59 Å². The minimum atomic E-state index is -4.28. The number of hydrogen-bond donors (Lipinski definition) is 2. The first-order valence-corrected chi connectivity index (χ1v) is 5.50. The van der Waals surface area contributed by atoms with Crippen molar-refractivity contribution in [3.8, 4) is 0 Å². The molecule has 4 nitrogen and oxygen atoms in total. The molecule has 0 atom stereocenters. The maximum absolute atomic E-state index is 11.9. The molecule has 0 aliphatic carbocycles. The van der Waals surface area contributed by atoms with Gasteiger partial charge in [0, 0.05) is 12.1 Å². The summed E-state index contributed by atoms with van der Waals surface area (Å²) in [6.45, 7) is -0.443. The van der Waals surface area contributed by atoms with Crippen molar-refractivity contribution in [1.82, 2.24) is 5.32 Å². The summed E-state index contributed by atoms with van der Waals surface area (Å²) >= 11 is 0. The predicted octanol–water partition coefficient (Wildman–Crippen LogP) is 1.40. The van der Waals surface area contributed by atoms with E-state index in [4.69, 9.17) is 5.73 Å². The lowest BCUT2D eigenvalue weighted by molar-refractivity contribution is -0.135. The van der Waals surface area contributed by atoms with E-state index in [1.165, 1.54) is 24.3 Å². The van der Waals surface area contributed by atoms with Crippen LogP contribution in [0.15, 0.2) is 24.3 Å². The number of nitrogens with two attached hydrogens (primary N) is 1. The van der Waals surface area contributed by atoms with Crippen molar-refractivity contribution in [3.05, 3.63) is 35.4 Å². The molecule has 0 spiro atoms. The van der Waals surface area contributed by atoms with E-state index in [-0.39, 0.29) is 6.42 Å². The Morgan fingerprint density at radius 3 is 2.21 bits per heavy atom. The van der Waals surface area contributed by atoms with Crippen molar-refractivity contribution in [3.63, 3.8) is 0 Å². The highest BCUT2D eigenvalue weighted by Gasteiger charge is 2.26. The number of carbonyl (C=O) groups excluding carboxylic acids is 2. The molecule has 0 radical (unpaired) electrons. The van der Waals surface area contributed by atoms with Gasteiger partial charge in [0.15, 0.2) is 0 Å². The van der Waals surface area contributed by atoms with Crippen molar-refractivity contribution >= 4 is 11.8 Å². The van der Waals surface area contributed by atoms with Gasteiger partial charge in [-0.05, 0) is 17.7 Å². The van der Waals surface area contributed by atoms with Crippen LogP contribution < -0.4 is 11.1 Å². The molecular weight excluding hydrogens is 261 g/mol. The van der Waals surface area contributed by atoms with Crippen molar-refractivity contribution in [1.29, 1.82) is 0 Å². The van der Waals surface area contributed by atoms with E-state index in [0.29, 0.717) is 11.1 Å². The number of amides is 2. The van der Waals surface area contributed by atoms with E-state index >= 15 is 0 Å². The lowest BCUT2D eigenvalue weighted by Gasteiger charge is -2.08. The quantitative estimate of drug-likeness (QED) is 0.851. The molecule has 0 saturated carbocycles. The third-order valence-electron chi connectivity index (χ3n) is 2.33. The Balaban J connectivity index is 2.42. The second-order valence-corrected chi connectivity index (χ2v) is 3.95. The Morgan fingerprint density at radius 1 is 1.16 bits per heavy atom. The van der Waals surface area contributed by atoms with Gasteiger partial charge in [-0.1, -0.05) is 12.1 Å². The fraction of sp³-hybridized carbons (Fsp3) is 0.333. The number of benzene rings is 1. The zero-order valence-corrected chi connectivity index (χ0v) is 9.96. The average molecular weight is 274 g/mol. The monoisotopic (exact) mass is 274 g/mol. The first kappa shape index (κ1) is 15.0. The van der Waals surface area contributed by atoms with Crippen LogP contribution in [-0.4, -0.2) is 24.5 Å². The number of primary amides is 1. The van der Waals surface area contributed by atoms with E-state index in [0.717, 1.165) is 0 Å². The summed E-state index contributed by atoms with van der Waals surface area (Å²) in [5, 5.41) is 2.17. The number of alkyl halides is 3. The molecule has 104 valence electrons. The van der Waals surface area contributed by atoms with Gasteiger partial charge < -0.3 is 11.1 Å². The van der Waals surface area contributed by atoms with Crippen LogP contribution in [0.5, 0.6) is 0 Å². The predicted molar refractivity (Wildman–Crippen MR) is 62.3 cm³/mol. The number of carbonyl (C=O) groups is 2. The third-order valence-corrected chi connectivity index (χ3v) is 2.33. The third kappa shape index (κ3) is 5.89. The van der Waals surface area contributed by atoms with Crippen molar-refractivity contribution in [2.45, 2.75) is 19.0 Å².